The van der Waals surface area contributed by atoms with Crippen LogP contribution in [0.25, 0.3) is 0 Å². The van der Waals surface area contributed by atoms with Gasteiger partial charge in [0.25, 0.3) is 0 Å². The Morgan fingerprint density at radius 3 is 2.67 bits per heavy atom. The third-order valence-corrected chi connectivity index (χ3v) is 1.30. The van der Waals surface area contributed by atoms with Gasteiger partial charge in [-0.2, -0.15) is 0 Å². The molecule has 1 aliphatic heterocycles. The Kier molecular flexibility index (Phi) is 1.73. The van der Waals surface area contributed by atoms with Crippen LogP contribution in [-0.4, -0.2) is 0 Å². The van der Waals surface area contributed by atoms with Crippen molar-refractivity contribution in [3.05, 3.63) is 35.7 Å². The molecule has 0 fully saturated rings. The van der Waals surface area contributed by atoms with Gasteiger partial charge in [-0.05, 0) is 25.5 Å². The van der Waals surface area contributed by atoms with E-state index in [4.69, 9.17) is 0 Å². The van der Waals surface area contributed by atoms with E-state index < -0.39 is 0 Å². The van der Waals surface area contributed by atoms with Gasteiger partial charge in [-0.3, -0.25) is 0 Å². The Morgan fingerprint density at radius 1 is 1.44 bits per heavy atom. The van der Waals surface area contributed by atoms with Crippen molar-refractivity contribution < 1.29 is 0 Å². The van der Waals surface area contributed by atoms with E-state index in [1.54, 1.807) is 0 Å². The summed E-state index contributed by atoms with van der Waals surface area (Å²) >= 11 is 0. The van der Waals surface area contributed by atoms with Crippen molar-refractivity contribution in [2.45, 2.75) is 13.8 Å². The quantitative estimate of drug-likeness (QED) is 0.516. The van der Waals surface area contributed by atoms with Crippen LogP contribution in [0.1, 0.15) is 13.8 Å². The van der Waals surface area contributed by atoms with Gasteiger partial charge in [0, 0.05) is 11.9 Å². The molecule has 1 rings (SSSR count). The second-order valence-electron chi connectivity index (χ2n) is 2.11. The molecule has 0 aromatic heterocycles. The Bertz CT molecular complexity index is 185. The van der Waals surface area contributed by atoms with Crippen LogP contribution < -0.4 is 5.32 Å². The average Bonchev–Trinajstić information content (AvgIpc) is 1.90. The standard InChI is InChI=1S/C8H11N/c1-3-8-5-4-7(2)6-9-8/h3-6,9H,1-2H3/b8-3-. The predicted molar refractivity (Wildman–Crippen MR) is 39.8 cm³/mol. The zero-order valence-electron chi connectivity index (χ0n) is 5.81. The first-order valence-electron chi connectivity index (χ1n) is 3.10. The fraction of sp³-hybridized carbons (Fsp3) is 0.250. The Balaban J connectivity index is 2.70. The smallest absolute Gasteiger partial charge is 0.0336 e. The molecule has 0 aromatic carbocycles. The summed E-state index contributed by atoms with van der Waals surface area (Å²) in [5, 5.41) is 3.13. The summed E-state index contributed by atoms with van der Waals surface area (Å²) < 4.78 is 0. The highest BCUT2D eigenvalue weighted by molar-refractivity contribution is 5.31. The van der Waals surface area contributed by atoms with Crippen LogP contribution in [0.3, 0.4) is 0 Å². The summed E-state index contributed by atoms with van der Waals surface area (Å²) in [4.78, 5) is 0. The van der Waals surface area contributed by atoms with Crippen LogP contribution in [0.4, 0.5) is 0 Å². The molecule has 0 spiro atoms. The first-order chi connectivity index (χ1) is 4.33. The first-order valence-corrected chi connectivity index (χ1v) is 3.10. The van der Waals surface area contributed by atoms with Gasteiger partial charge in [0.1, 0.15) is 0 Å². The van der Waals surface area contributed by atoms with Crippen LogP contribution >= 0.6 is 0 Å². The van der Waals surface area contributed by atoms with E-state index in [1.807, 2.05) is 19.2 Å². The largest absolute Gasteiger partial charge is 0.362 e. The highest BCUT2D eigenvalue weighted by Crippen LogP contribution is 2.03. The van der Waals surface area contributed by atoms with Gasteiger partial charge >= 0.3 is 0 Å². The molecule has 0 aliphatic carbocycles. The van der Waals surface area contributed by atoms with Crippen LogP contribution in [0, 0.1) is 0 Å². The normalized spacial score (nSPS) is 21.6. The van der Waals surface area contributed by atoms with Crippen molar-refractivity contribution in [2.24, 2.45) is 0 Å². The van der Waals surface area contributed by atoms with Crippen LogP contribution in [0.15, 0.2) is 35.7 Å². The van der Waals surface area contributed by atoms with Crippen molar-refractivity contribution in [1.29, 1.82) is 0 Å². The fourth-order valence-corrected chi connectivity index (χ4v) is 0.694. The molecule has 0 aromatic rings. The van der Waals surface area contributed by atoms with Gasteiger partial charge in [0.05, 0.1) is 0 Å². The van der Waals surface area contributed by atoms with Crippen LogP contribution in [-0.2, 0) is 0 Å². The van der Waals surface area contributed by atoms with E-state index in [9.17, 15) is 0 Å². The van der Waals surface area contributed by atoms with Crippen molar-refractivity contribution >= 4 is 0 Å². The molecule has 1 N–H and O–H groups in total. The van der Waals surface area contributed by atoms with Crippen molar-refractivity contribution in [3.8, 4) is 0 Å². The second-order valence-corrected chi connectivity index (χ2v) is 2.11. The lowest BCUT2D eigenvalue weighted by molar-refractivity contribution is 1.06. The summed E-state index contributed by atoms with van der Waals surface area (Å²) in [5.41, 5.74) is 2.43. The zero-order chi connectivity index (χ0) is 6.69. The van der Waals surface area contributed by atoms with E-state index in [2.05, 4.69) is 24.4 Å². The molecular weight excluding hydrogens is 110 g/mol. The molecule has 0 unspecified atom stereocenters. The lowest BCUT2D eigenvalue weighted by Gasteiger charge is -2.06. The molecule has 1 nitrogen and oxygen atoms in total. The molecule has 0 bridgehead atoms. The van der Waals surface area contributed by atoms with Gasteiger partial charge in [-0.15, -0.1) is 0 Å². The first kappa shape index (κ1) is 6.14. The van der Waals surface area contributed by atoms with Crippen LogP contribution in [0.5, 0.6) is 0 Å². The third kappa shape index (κ3) is 1.46. The average molecular weight is 121 g/mol. The third-order valence-electron chi connectivity index (χ3n) is 1.30. The topological polar surface area (TPSA) is 12.0 Å². The van der Waals surface area contributed by atoms with Gasteiger partial charge in [-0.1, -0.05) is 12.2 Å². The van der Waals surface area contributed by atoms with E-state index in [0.717, 1.165) is 0 Å². The Hall–Kier alpha value is -0.980. The zero-order valence-corrected chi connectivity index (χ0v) is 5.81. The predicted octanol–water partition coefficient (Wildman–Crippen LogP) is 1.95. The number of allylic oxidation sites excluding steroid dienone is 4. The van der Waals surface area contributed by atoms with Crippen LogP contribution in [0.2, 0.25) is 0 Å². The summed E-state index contributed by atoms with van der Waals surface area (Å²) in [6.07, 6.45) is 8.19. The maximum Gasteiger partial charge on any atom is 0.0336 e. The molecule has 48 valence electrons. The maximum atomic E-state index is 3.13. The minimum absolute atomic E-state index is 1.17. The van der Waals surface area contributed by atoms with Crippen molar-refractivity contribution in [3.63, 3.8) is 0 Å². The number of dihydropyridines is 1. The number of hydrogen-bond acceptors (Lipinski definition) is 1. The molecular formula is C8H11N. The number of rotatable bonds is 0. The van der Waals surface area contributed by atoms with Gasteiger partial charge in [-0.25, -0.2) is 0 Å². The summed E-state index contributed by atoms with van der Waals surface area (Å²) in [7, 11) is 0. The lowest BCUT2D eigenvalue weighted by Crippen LogP contribution is -2.05. The molecule has 1 aliphatic rings. The molecule has 0 atom stereocenters. The molecule has 1 heteroatoms. The highest BCUT2D eigenvalue weighted by Gasteiger charge is 1.91. The summed E-state index contributed by atoms with van der Waals surface area (Å²) in [6, 6.07) is 0. The summed E-state index contributed by atoms with van der Waals surface area (Å²) in [6.45, 7) is 4.08. The molecule has 0 saturated heterocycles. The Morgan fingerprint density at radius 2 is 2.22 bits per heavy atom. The maximum absolute atomic E-state index is 3.13. The number of nitrogens with one attached hydrogen (secondary N) is 1. The van der Waals surface area contributed by atoms with E-state index >= 15 is 0 Å². The minimum Gasteiger partial charge on any atom is -0.362 e. The van der Waals surface area contributed by atoms with Crippen molar-refractivity contribution in [1.82, 2.24) is 5.32 Å². The van der Waals surface area contributed by atoms with Gasteiger partial charge in [0.2, 0.25) is 0 Å². The van der Waals surface area contributed by atoms with Gasteiger partial charge in [0.15, 0.2) is 0 Å². The van der Waals surface area contributed by atoms with E-state index in [0.29, 0.717) is 0 Å². The molecule has 9 heavy (non-hydrogen) atoms. The Labute approximate surface area is 55.8 Å². The highest BCUT2D eigenvalue weighted by atomic mass is 14.8. The van der Waals surface area contributed by atoms with Gasteiger partial charge < -0.3 is 5.32 Å². The summed E-state index contributed by atoms with van der Waals surface area (Å²) in [5.74, 6) is 0. The second kappa shape index (κ2) is 2.53. The van der Waals surface area contributed by atoms with E-state index in [1.165, 1.54) is 11.3 Å². The molecule has 0 amide bonds. The molecule has 1 heterocycles. The van der Waals surface area contributed by atoms with Crippen molar-refractivity contribution in [2.75, 3.05) is 0 Å². The number of hydrogen-bond donors (Lipinski definition) is 1. The monoisotopic (exact) mass is 121 g/mol. The molecule has 0 saturated carbocycles. The van der Waals surface area contributed by atoms with E-state index in [-0.39, 0.29) is 0 Å². The lowest BCUT2D eigenvalue weighted by atomic mass is 10.2. The fourth-order valence-electron chi connectivity index (χ4n) is 0.694. The SMILES string of the molecule is C/C=C1/C=CC(C)=CN1. The molecule has 0 radical (unpaired) electrons. The minimum atomic E-state index is 1.17.